The lowest BCUT2D eigenvalue weighted by molar-refractivity contribution is 0.0126. The molecule has 11 heavy (non-hydrogen) atoms. The van der Waals surface area contributed by atoms with E-state index in [-0.39, 0.29) is 0 Å². The summed E-state index contributed by atoms with van der Waals surface area (Å²) in [6, 6.07) is 0.507. The van der Waals surface area contributed by atoms with Gasteiger partial charge >= 0.3 is 0 Å². The van der Waals surface area contributed by atoms with Gasteiger partial charge in [-0.3, -0.25) is 0 Å². The van der Waals surface area contributed by atoms with Crippen LogP contribution in [0.3, 0.4) is 0 Å². The fourth-order valence-electron chi connectivity index (χ4n) is 0.993. The maximum atomic E-state index is 11.5. The third kappa shape index (κ3) is 3.62. The van der Waals surface area contributed by atoms with E-state index in [0.717, 1.165) is 19.4 Å². The lowest BCUT2D eigenvalue weighted by atomic mass is 10.0. The van der Waals surface area contributed by atoms with Gasteiger partial charge in [-0.15, -0.1) is 0 Å². The molecule has 2 nitrogen and oxygen atoms in total. The van der Waals surface area contributed by atoms with Gasteiger partial charge in [0.25, 0.3) is 6.43 Å². The van der Waals surface area contributed by atoms with Crippen LogP contribution in [0, 0.1) is 0 Å². The van der Waals surface area contributed by atoms with Crippen molar-refractivity contribution in [1.29, 1.82) is 0 Å². The van der Waals surface area contributed by atoms with Crippen LogP contribution in [0.25, 0.3) is 0 Å². The Balaban J connectivity index is 1.80. The summed E-state index contributed by atoms with van der Waals surface area (Å²) < 4.78 is 27.7. The SMILES string of the molecule is FC(F)COCCC1CCN1. The zero-order chi connectivity index (χ0) is 8.10. The van der Waals surface area contributed by atoms with E-state index < -0.39 is 13.0 Å². The minimum atomic E-state index is -2.33. The van der Waals surface area contributed by atoms with E-state index in [4.69, 9.17) is 4.74 Å². The van der Waals surface area contributed by atoms with Crippen molar-refractivity contribution in [2.45, 2.75) is 25.3 Å². The molecule has 1 unspecified atom stereocenters. The molecule has 1 atom stereocenters. The molecular weight excluding hydrogens is 152 g/mol. The molecule has 4 heteroatoms. The average Bonchev–Trinajstić information content (AvgIpc) is 1.82. The van der Waals surface area contributed by atoms with Gasteiger partial charge in [-0.2, -0.15) is 0 Å². The number of hydrogen-bond acceptors (Lipinski definition) is 2. The molecule has 1 heterocycles. The van der Waals surface area contributed by atoms with E-state index in [9.17, 15) is 8.78 Å². The van der Waals surface area contributed by atoms with Gasteiger partial charge in [0, 0.05) is 12.6 Å². The second kappa shape index (κ2) is 4.62. The van der Waals surface area contributed by atoms with Gasteiger partial charge in [0.05, 0.1) is 0 Å². The number of hydrogen-bond donors (Lipinski definition) is 1. The summed E-state index contributed by atoms with van der Waals surface area (Å²) in [6.45, 7) is 1.08. The number of alkyl halides is 2. The minimum Gasteiger partial charge on any atom is -0.375 e. The van der Waals surface area contributed by atoms with Crippen molar-refractivity contribution in [3.63, 3.8) is 0 Å². The Morgan fingerprint density at radius 3 is 2.73 bits per heavy atom. The van der Waals surface area contributed by atoms with Gasteiger partial charge in [-0.05, 0) is 19.4 Å². The predicted molar refractivity (Wildman–Crippen MR) is 37.8 cm³/mol. The molecule has 0 aliphatic carbocycles. The highest BCUT2D eigenvalue weighted by Crippen LogP contribution is 2.06. The van der Waals surface area contributed by atoms with E-state index in [1.807, 2.05) is 0 Å². The first-order valence-corrected chi connectivity index (χ1v) is 3.88. The van der Waals surface area contributed by atoms with Crippen molar-refractivity contribution in [2.75, 3.05) is 19.8 Å². The number of nitrogens with one attached hydrogen (secondary N) is 1. The fraction of sp³-hybridized carbons (Fsp3) is 1.00. The van der Waals surface area contributed by atoms with Crippen LogP contribution in [-0.2, 0) is 4.74 Å². The summed E-state index contributed by atoms with van der Waals surface area (Å²) in [7, 11) is 0. The van der Waals surface area contributed by atoms with E-state index in [2.05, 4.69) is 5.32 Å². The number of ether oxygens (including phenoxy) is 1. The molecular formula is C7H13F2NO. The quantitative estimate of drug-likeness (QED) is 0.614. The Hall–Kier alpha value is -0.220. The van der Waals surface area contributed by atoms with Gasteiger partial charge in [0.2, 0.25) is 0 Å². The monoisotopic (exact) mass is 165 g/mol. The first kappa shape index (κ1) is 8.87. The Kier molecular flexibility index (Phi) is 3.72. The van der Waals surface area contributed by atoms with E-state index in [1.54, 1.807) is 0 Å². The highest BCUT2D eigenvalue weighted by Gasteiger charge is 2.15. The number of halogens is 2. The van der Waals surface area contributed by atoms with Gasteiger partial charge in [-0.1, -0.05) is 0 Å². The normalized spacial score (nSPS) is 23.7. The van der Waals surface area contributed by atoms with Crippen LogP contribution in [0.5, 0.6) is 0 Å². The van der Waals surface area contributed by atoms with Crippen LogP contribution < -0.4 is 5.32 Å². The largest absolute Gasteiger partial charge is 0.375 e. The van der Waals surface area contributed by atoms with Crippen molar-refractivity contribution in [3.05, 3.63) is 0 Å². The van der Waals surface area contributed by atoms with Crippen molar-refractivity contribution in [3.8, 4) is 0 Å². The van der Waals surface area contributed by atoms with Gasteiger partial charge in [-0.25, -0.2) is 8.78 Å². The van der Waals surface area contributed by atoms with Crippen molar-refractivity contribution in [1.82, 2.24) is 5.32 Å². The second-order valence-corrected chi connectivity index (χ2v) is 2.69. The van der Waals surface area contributed by atoms with E-state index >= 15 is 0 Å². The van der Waals surface area contributed by atoms with Crippen LogP contribution in [0.4, 0.5) is 8.78 Å². The molecule has 1 rings (SSSR count). The van der Waals surface area contributed by atoms with Crippen LogP contribution in [0.15, 0.2) is 0 Å². The van der Waals surface area contributed by atoms with E-state index in [0.29, 0.717) is 12.6 Å². The molecule has 0 aromatic carbocycles. The third-order valence-electron chi connectivity index (χ3n) is 1.78. The Labute approximate surface area is 64.9 Å². The van der Waals surface area contributed by atoms with Crippen LogP contribution >= 0.6 is 0 Å². The predicted octanol–water partition coefficient (Wildman–Crippen LogP) is 1.02. The summed E-state index contributed by atoms with van der Waals surface area (Å²) in [5, 5.41) is 3.17. The molecule has 0 bridgehead atoms. The lowest BCUT2D eigenvalue weighted by Crippen LogP contribution is -2.43. The first-order valence-electron chi connectivity index (χ1n) is 3.88. The minimum absolute atomic E-state index is 0.424. The molecule has 1 aliphatic heterocycles. The van der Waals surface area contributed by atoms with Crippen molar-refractivity contribution >= 4 is 0 Å². The molecule has 0 spiro atoms. The highest BCUT2D eigenvalue weighted by molar-refractivity contribution is 4.76. The Morgan fingerprint density at radius 1 is 1.55 bits per heavy atom. The summed E-state index contributed by atoms with van der Waals surface area (Å²) >= 11 is 0. The third-order valence-corrected chi connectivity index (χ3v) is 1.78. The zero-order valence-corrected chi connectivity index (χ0v) is 6.35. The lowest BCUT2D eigenvalue weighted by Gasteiger charge is -2.27. The van der Waals surface area contributed by atoms with Gasteiger partial charge < -0.3 is 10.1 Å². The Bertz CT molecular complexity index is 107. The number of rotatable bonds is 5. The maximum Gasteiger partial charge on any atom is 0.261 e. The summed E-state index contributed by atoms with van der Waals surface area (Å²) in [4.78, 5) is 0. The zero-order valence-electron chi connectivity index (χ0n) is 6.35. The summed E-state index contributed by atoms with van der Waals surface area (Å²) in [5.74, 6) is 0. The smallest absolute Gasteiger partial charge is 0.261 e. The van der Waals surface area contributed by atoms with Gasteiger partial charge in [0.15, 0.2) is 0 Å². The van der Waals surface area contributed by atoms with Crippen LogP contribution in [0.1, 0.15) is 12.8 Å². The van der Waals surface area contributed by atoms with Gasteiger partial charge in [0.1, 0.15) is 6.61 Å². The maximum absolute atomic E-state index is 11.5. The molecule has 1 fully saturated rings. The molecule has 0 aromatic heterocycles. The average molecular weight is 165 g/mol. The first-order chi connectivity index (χ1) is 5.29. The molecule has 0 amide bonds. The molecule has 0 saturated carbocycles. The highest BCUT2D eigenvalue weighted by atomic mass is 19.3. The van der Waals surface area contributed by atoms with Crippen LogP contribution in [-0.4, -0.2) is 32.2 Å². The van der Waals surface area contributed by atoms with E-state index in [1.165, 1.54) is 0 Å². The Morgan fingerprint density at radius 2 is 2.27 bits per heavy atom. The fourth-order valence-corrected chi connectivity index (χ4v) is 0.993. The van der Waals surface area contributed by atoms with Crippen molar-refractivity contribution in [2.24, 2.45) is 0 Å². The molecule has 0 aromatic rings. The molecule has 0 radical (unpaired) electrons. The summed E-state index contributed by atoms with van der Waals surface area (Å²) in [6.07, 6.45) is -0.325. The molecule has 1 aliphatic rings. The summed E-state index contributed by atoms with van der Waals surface area (Å²) in [5.41, 5.74) is 0. The van der Waals surface area contributed by atoms with Crippen molar-refractivity contribution < 1.29 is 13.5 Å². The topological polar surface area (TPSA) is 21.3 Å². The van der Waals surface area contributed by atoms with Crippen LogP contribution in [0.2, 0.25) is 0 Å². The molecule has 66 valence electrons. The molecule has 1 N–H and O–H groups in total. The standard InChI is InChI=1S/C7H13F2NO/c8-7(9)5-11-4-2-6-1-3-10-6/h6-7,10H,1-5H2. The second-order valence-electron chi connectivity index (χ2n) is 2.69. The molecule has 1 saturated heterocycles.